The van der Waals surface area contributed by atoms with Crippen molar-refractivity contribution in [2.45, 2.75) is 31.5 Å². The minimum Gasteiger partial charge on any atom is -0.371 e. The quantitative estimate of drug-likeness (QED) is 0.764. The molecule has 2 aromatic rings. The average molecular weight is 459 g/mol. The third-order valence-corrected chi connectivity index (χ3v) is 6.88. The lowest BCUT2D eigenvalue weighted by atomic mass is 9.76. The lowest BCUT2D eigenvalue weighted by Gasteiger charge is -2.40. The smallest absolute Gasteiger partial charge is 0.371 e. The number of alkyl halides is 3. The van der Waals surface area contributed by atoms with Crippen molar-refractivity contribution in [1.29, 1.82) is 5.26 Å². The molecule has 1 atom stereocenters. The summed E-state index contributed by atoms with van der Waals surface area (Å²) < 4.78 is 41.8. The van der Waals surface area contributed by atoms with Crippen molar-refractivity contribution in [3.05, 3.63) is 53.3 Å². The van der Waals surface area contributed by atoms with Gasteiger partial charge in [-0.3, -0.25) is 9.59 Å². The summed E-state index contributed by atoms with van der Waals surface area (Å²) in [4.78, 5) is 28.6. The molecule has 0 saturated carbocycles. The number of hydrogen-bond acceptors (Lipinski definition) is 4. The molecular weight excluding hydrogens is 435 g/mol. The van der Waals surface area contributed by atoms with Crippen molar-refractivity contribution in [2.24, 2.45) is 18.2 Å². The number of nitriles is 1. The van der Waals surface area contributed by atoms with Crippen LogP contribution < -0.4 is 10.6 Å². The molecular formula is C23H24F3N5O2. The Morgan fingerprint density at radius 3 is 2.45 bits per heavy atom. The molecule has 33 heavy (non-hydrogen) atoms. The van der Waals surface area contributed by atoms with Crippen LogP contribution in [0.1, 0.15) is 40.9 Å². The Balaban J connectivity index is 1.52. The summed E-state index contributed by atoms with van der Waals surface area (Å²) >= 11 is 0. The molecule has 10 heteroatoms. The fourth-order valence-corrected chi connectivity index (χ4v) is 5.02. The highest BCUT2D eigenvalue weighted by Gasteiger charge is 2.49. The average Bonchev–Trinajstić information content (AvgIpc) is 3.37. The predicted molar refractivity (Wildman–Crippen MR) is 114 cm³/mol. The van der Waals surface area contributed by atoms with Crippen molar-refractivity contribution in [1.82, 2.24) is 9.47 Å². The van der Waals surface area contributed by atoms with Crippen LogP contribution >= 0.6 is 0 Å². The first-order valence-electron chi connectivity index (χ1n) is 10.6. The number of likely N-dealkylation sites (tertiary alicyclic amines) is 1. The van der Waals surface area contributed by atoms with E-state index in [9.17, 15) is 22.8 Å². The highest BCUT2D eigenvalue weighted by atomic mass is 19.4. The Hall–Kier alpha value is -3.48. The topological polar surface area (TPSA) is 95.4 Å². The molecule has 2 N–H and O–H groups in total. The van der Waals surface area contributed by atoms with E-state index in [0.29, 0.717) is 50.3 Å². The van der Waals surface area contributed by atoms with Crippen LogP contribution in [0, 0.1) is 16.7 Å². The van der Waals surface area contributed by atoms with Gasteiger partial charge in [0, 0.05) is 38.6 Å². The minimum absolute atomic E-state index is 0.257. The van der Waals surface area contributed by atoms with Crippen molar-refractivity contribution in [2.75, 3.05) is 24.5 Å². The van der Waals surface area contributed by atoms with Crippen LogP contribution in [-0.2, 0) is 18.0 Å². The predicted octanol–water partition coefficient (Wildman–Crippen LogP) is 2.90. The number of primary amides is 1. The van der Waals surface area contributed by atoms with E-state index in [1.807, 2.05) is 4.90 Å². The second kappa shape index (κ2) is 8.14. The highest BCUT2D eigenvalue weighted by molar-refractivity contribution is 5.96. The molecule has 7 nitrogen and oxygen atoms in total. The van der Waals surface area contributed by atoms with Gasteiger partial charge >= 0.3 is 6.18 Å². The van der Waals surface area contributed by atoms with Gasteiger partial charge in [-0.1, -0.05) is 0 Å². The molecule has 1 aromatic carbocycles. The van der Waals surface area contributed by atoms with E-state index < -0.39 is 29.3 Å². The largest absolute Gasteiger partial charge is 0.417 e. The Labute approximate surface area is 189 Å². The zero-order chi connectivity index (χ0) is 24.0. The number of amides is 2. The molecule has 2 aliphatic rings. The lowest BCUT2D eigenvalue weighted by molar-refractivity contribution is -0.137. The summed E-state index contributed by atoms with van der Waals surface area (Å²) in [5.74, 6) is -0.814. The highest BCUT2D eigenvalue weighted by Crippen LogP contribution is 2.45. The normalized spacial score (nSPS) is 20.2. The molecule has 3 heterocycles. The number of nitrogens with two attached hydrogens (primary N) is 1. The molecule has 2 aliphatic heterocycles. The first-order chi connectivity index (χ1) is 15.5. The van der Waals surface area contributed by atoms with Crippen LogP contribution in [0.25, 0.3) is 0 Å². The number of halogens is 3. The Morgan fingerprint density at radius 1 is 1.21 bits per heavy atom. The number of rotatable bonds is 3. The van der Waals surface area contributed by atoms with Gasteiger partial charge in [0.2, 0.25) is 5.91 Å². The number of piperidine rings is 1. The van der Waals surface area contributed by atoms with E-state index in [4.69, 9.17) is 11.0 Å². The van der Waals surface area contributed by atoms with Gasteiger partial charge in [-0.25, -0.2) is 0 Å². The SMILES string of the molecule is Cn1cccc1C(=O)N1CC2(CCN(c3ccc(C#N)c(C(F)(F)F)c3)CC2)CC1C(N)=O. The van der Waals surface area contributed by atoms with Crippen LogP contribution in [0.5, 0.6) is 0 Å². The van der Waals surface area contributed by atoms with Gasteiger partial charge in [0.25, 0.3) is 5.91 Å². The molecule has 1 spiro atoms. The Morgan fingerprint density at radius 2 is 1.91 bits per heavy atom. The van der Waals surface area contributed by atoms with Gasteiger partial charge < -0.3 is 20.1 Å². The van der Waals surface area contributed by atoms with E-state index in [1.54, 1.807) is 36.0 Å². The van der Waals surface area contributed by atoms with E-state index in [0.717, 1.165) is 6.07 Å². The number of benzene rings is 1. The molecule has 1 unspecified atom stereocenters. The number of aromatic nitrogens is 1. The molecule has 2 amide bonds. The summed E-state index contributed by atoms with van der Waals surface area (Å²) in [5.41, 5.74) is 4.82. The van der Waals surface area contributed by atoms with Crippen LogP contribution in [0.3, 0.4) is 0 Å². The fraction of sp³-hybridized carbons (Fsp3) is 0.435. The van der Waals surface area contributed by atoms with Crippen molar-refractivity contribution >= 4 is 17.5 Å². The Kier molecular flexibility index (Phi) is 5.60. The summed E-state index contributed by atoms with van der Waals surface area (Å²) in [5, 5.41) is 9.01. The molecule has 0 radical (unpaired) electrons. The van der Waals surface area contributed by atoms with Crippen LogP contribution in [0.15, 0.2) is 36.5 Å². The molecule has 2 fully saturated rings. The molecule has 1 aromatic heterocycles. The van der Waals surface area contributed by atoms with Gasteiger partial charge in [-0.05, 0) is 55.0 Å². The first-order valence-corrected chi connectivity index (χ1v) is 10.6. The number of anilines is 1. The van der Waals surface area contributed by atoms with E-state index in [2.05, 4.69) is 0 Å². The lowest BCUT2D eigenvalue weighted by Crippen LogP contribution is -2.44. The van der Waals surface area contributed by atoms with Crippen molar-refractivity contribution < 1.29 is 22.8 Å². The maximum Gasteiger partial charge on any atom is 0.417 e. The zero-order valence-corrected chi connectivity index (χ0v) is 18.1. The number of aryl methyl sites for hydroxylation is 1. The fourth-order valence-electron chi connectivity index (χ4n) is 5.02. The number of carbonyl (C=O) groups excluding carboxylic acids is 2. The van der Waals surface area contributed by atoms with Crippen molar-refractivity contribution in [3.63, 3.8) is 0 Å². The van der Waals surface area contributed by atoms with Gasteiger partial charge in [0.1, 0.15) is 11.7 Å². The summed E-state index contributed by atoms with van der Waals surface area (Å²) in [6.45, 7) is 1.32. The van der Waals surface area contributed by atoms with E-state index >= 15 is 0 Å². The second-order valence-electron chi connectivity index (χ2n) is 8.89. The van der Waals surface area contributed by atoms with Gasteiger partial charge in [-0.15, -0.1) is 0 Å². The summed E-state index contributed by atoms with van der Waals surface area (Å²) in [7, 11) is 1.75. The summed E-state index contributed by atoms with van der Waals surface area (Å²) in [6.07, 6.45) is -1.21. The minimum atomic E-state index is -4.62. The zero-order valence-electron chi connectivity index (χ0n) is 18.1. The molecule has 174 valence electrons. The van der Waals surface area contributed by atoms with Crippen LogP contribution in [-0.4, -0.2) is 47.0 Å². The third-order valence-electron chi connectivity index (χ3n) is 6.88. The van der Waals surface area contributed by atoms with Gasteiger partial charge in [0.05, 0.1) is 17.2 Å². The van der Waals surface area contributed by atoms with E-state index in [1.165, 1.54) is 17.0 Å². The standard InChI is InChI=1S/C23H24F3N5O2/c1-29-8-2-3-18(29)21(33)31-14-22(12-19(31)20(28)32)6-9-30(10-7-22)16-5-4-15(13-27)17(11-16)23(24,25)26/h2-5,8,11,19H,6-7,9-10,12,14H2,1H3,(H2,28,32). The molecule has 0 bridgehead atoms. The maximum atomic E-state index is 13.4. The third kappa shape index (κ3) is 4.15. The summed E-state index contributed by atoms with van der Waals surface area (Å²) in [6, 6.07) is 8.06. The number of carbonyl (C=O) groups is 2. The van der Waals surface area contributed by atoms with Crippen molar-refractivity contribution in [3.8, 4) is 6.07 Å². The Bertz CT molecular complexity index is 1130. The van der Waals surface area contributed by atoms with Crippen LogP contribution in [0.4, 0.5) is 18.9 Å². The monoisotopic (exact) mass is 459 g/mol. The second-order valence-corrected chi connectivity index (χ2v) is 8.89. The molecule has 4 rings (SSSR count). The van der Waals surface area contributed by atoms with Gasteiger partial charge in [-0.2, -0.15) is 18.4 Å². The molecule has 2 saturated heterocycles. The van der Waals surface area contributed by atoms with Gasteiger partial charge in [0.15, 0.2) is 0 Å². The number of nitrogens with zero attached hydrogens (tertiary/aromatic N) is 4. The van der Waals surface area contributed by atoms with E-state index in [-0.39, 0.29) is 11.3 Å². The number of hydrogen-bond donors (Lipinski definition) is 1. The maximum absolute atomic E-state index is 13.4. The molecule has 0 aliphatic carbocycles. The van der Waals surface area contributed by atoms with Crippen LogP contribution in [0.2, 0.25) is 0 Å². The first kappa shape index (κ1) is 22.7.